The molecule has 1 aliphatic heterocycles. The van der Waals surface area contributed by atoms with Crippen LogP contribution in [0.2, 0.25) is 0 Å². The number of piperidine rings is 1. The van der Waals surface area contributed by atoms with E-state index in [9.17, 15) is 4.79 Å². The smallest absolute Gasteiger partial charge is 0.233 e. The van der Waals surface area contributed by atoms with Crippen molar-refractivity contribution in [3.63, 3.8) is 0 Å². The first-order valence-corrected chi connectivity index (χ1v) is 10.8. The molecule has 2 aromatic rings. The lowest BCUT2D eigenvalue weighted by Gasteiger charge is -2.32. The molecule has 1 saturated heterocycles. The Hall–Kier alpha value is -3.00. The van der Waals surface area contributed by atoms with Gasteiger partial charge in [0, 0.05) is 39.1 Å². The summed E-state index contributed by atoms with van der Waals surface area (Å²) in [6, 6.07) is 12.2. The highest BCUT2D eigenvalue weighted by atomic mass is 16.5. The quantitative estimate of drug-likeness (QED) is 0.417. The molecule has 3 N–H and O–H groups in total. The normalized spacial score (nSPS) is 15.5. The molecule has 3 rings (SSSR count). The van der Waals surface area contributed by atoms with Gasteiger partial charge in [-0.3, -0.25) is 9.69 Å². The van der Waals surface area contributed by atoms with Gasteiger partial charge in [-0.25, -0.2) is 4.99 Å². The van der Waals surface area contributed by atoms with Gasteiger partial charge in [0.2, 0.25) is 5.91 Å². The minimum atomic E-state index is 0.0627. The molecule has 0 atom stereocenters. The summed E-state index contributed by atoms with van der Waals surface area (Å²) >= 11 is 0. The maximum absolute atomic E-state index is 11.6. The van der Waals surface area contributed by atoms with Crippen LogP contribution in [0.5, 0.6) is 5.75 Å². The van der Waals surface area contributed by atoms with Gasteiger partial charge in [-0.05, 0) is 42.7 Å². The average molecular weight is 428 g/mol. The lowest BCUT2D eigenvalue weighted by atomic mass is 10.1. The number of carbonyl (C=O) groups is 1. The number of nitrogens with one attached hydrogen (secondary N) is 3. The number of ether oxygens (including phenoxy) is 1. The molecule has 2 heterocycles. The molecule has 0 aliphatic carbocycles. The zero-order valence-electron chi connectivity index (χ0n) is 18.4. The molecule has 168 valence electrons. The molecule has 0 spiro atoms. The maximum Gasteiger partial charge on any atom is 0.233 e. The minimum absolute atomic E-state index is 0.0627. The number of nitrogens with zero attached hydrogens (tertiary/aromatic N) is 2. The van der Waals surface area contributed by atoms with Gasteiger partial charge < -0.3 is 25.1 Å². The second kappa shape index (κ2) is 12.0. The van der Waals surface area contributed by atoms with Gasteiger partial charge in [0.05, 0.1) is 26.5 Å². The summed E-state index contributed by atoms with van der Waals surface area (Å²) in [6.45, 7) is 3.56. The number of carbonyl (C=O) groups excluding carboxylic acids is 1. The maximum atomic E-state index is 11.6. The zero-order valence-corrected chi connectivity index (χ0v) is 18.4. The number of methoxy groups -OCH3 is 1. The Bertz CT molecular complexity index is 812. The number of aliphatic imine (C=N–C) groups is 1. The van der Waals surface area contributed by atoms with Crippen LogP contribution in [0, 0.1) is 0 Å². The van der Waals surface area contributed by atoms with Gasteiger partial charge in [0.25, 0.3) is 0 Å². The van der Waals surface area contributed by atoms with E-state index in [2.05, 4.69) is 20.9 Å². The summed E-state index contributed by atoms with van der Waals surface area (Å²) in [5.41, 5.74) is 1.12. The SMILES string of the molecule is CNC(=O)CN1CCC(NC(=NCc2ccc(OC)cc2)NCCc2ccco2)CC1. The van der Waals surface area contributed by atoms with E-state index in [1.165, 1.54) is 0 Å². The first-order chi connectivity index (χ1) is 15.2. The average Bonchev–Trinajstić information content (AvgIpc) is 3.32. The molecule has 8 heteroatoms. The molecular weight excluding hydrogens is 394 g/mol. The summed E-state index contributed by atoms with van der Waals surface area (Å²) < 4.78 is 10.6. The lowest BCUT2D eigenvalue weighted by molar-refractivity contribution is -0.122. The predicted molar refractivity (Wildman–Crippen MR) is 121 cm³/mol. The van der Waals surface area contributed by atoms with Gasteiger partial charge in [-0.1, -0.05) is 12.1 Å². The van der Waals surface area contributed by atoms with Crippen molar-refractivity contribution < 1.29 is 13.9 Å². The fourth-order valence-electron chi connectivity index (χ4n) is 3.52. The Morgan fingerprint density at radius 1 is 1.23 bits per heavy atom. The van der Waals surface area contributed by atoms with Crippen molar-refractivity contribution in [2.45, 2.75) is 31.8 Å². The van der Waals surface area contributed by atoms with Crippen molar-refractivity contribution in [1.82, 2.24) is 20.9 Å². The summed E-state index contributed by atoms with van der Waals surface area (Å²) in [4.78, 5) is 18.6. The number of hydrogen-bond donors (Lipinski definition) is 3. The van der Waals surface area contributed by atoms with E-state index in [1.54, 1.807) is 20.4 Å². The van der Waals surface area contributed by atoms with Crippen LogP contribution in [0.25, 0.3) is 0 Å². The number of likely N-dealkylation sites (N-methyl/N-ethyl adjacent to an activating group) is 1. The summed E-state index contributed by atoms with van der Waals surface area (Å²) in [5, 5.41) is 9.69. The lowest BCUT2D eigenvalue weighted by Crippen LogP contribution is -2.50. The van der Waals surface area contributed by atoms with E-state index in [-0.39, 0.29) is 5.91 Å². The fraction of sp³-hybridized carbons (Fsp3) is 0.478. The molecule has 1 amide bonds. The van der Waals surface area contributed by atoms with Crippen molar-refractivity contribution in [1.29, 1.82) is 0 Å². The van der Waals surface area contributed by atoms with Crippen molar-refractivity contribution in [2.75, 3.05) is 40.3 Å². The van der Waals surface area contributed by atoms with Crippen molar-refractivity contribution in [3.05, 3.63) is 54.0 Å². The van der Waals surface area contributed by atoms with Crippen LogP contribution in [-0.4, -0.2) is 63.1 Å². The molecule has 31 heavy (non-hydrogen) atoms. The molecule has 0 saturated carbocycles. The molecule has 0 bridgehead atoms. The third-order valence-electron chi connectivity index (χ3n) is 5.40. The van der Waals surface area contributed by atoms with E-state index in [0.717, 1.165) is 61.9 Å². The summed E-state index contributed by atoms with van der Waals surface area (Å²) in [7, 11) is 3.34. The molecule has 1 aromatic carbocycles. The van der Waals surface area contributed by atoms with Crippen molar-refractivity contribution >= 4 is 11.9 Å². The van der Waals surface area contributed by atoms with Crippen molar-refractivity contribution in [2.24, 2.45) is 4.99 Å². The van der Waals surface area contributed by atoms with Crippen LogP contribution >= 0.6 is 0 Å². The van der Waals surface area contributed by atoms with E-state index < -0.39 is 0 Å². The van der Waals surface area contributed by atoms with Crippen LogP contribution in [0.3, 0.4) is 0 Å². The van der Waals surface area contributed by atoms with Gasteiger partial charge in [0.15, 0.2) is 5.96 Å². The number of likely N-dealkylation sites (tertiary alicyclic amines) is 1. The molecule has 1 aromatic heterocycles. The highest BCUT2D eigenvalue weighted by Gasteiger charge is 2.21. The second-order valence-corrected chi connectivity index (χ2v) is 7.64. The Balaban J connectivity index is 1.54. The van der Waals surface area contributed by atoms with Crippen LogP contribution in [0.1, 0.15) is 24.2 Å². The second-order valence-electron chi connectivity index (χ2n) is 7.64. The van der Waals surface area contributed by atoms with Crippen LogP contribution < -0.4 is 20.7 Å². The number of rotatable bonds is 9. The third kappa shape index (κ3) is 7.64. The molecule has 1 fully saturated rings. The van der Waals surface area contributed by atoms with E-state index >= 15 is 0 Å². The minimum Gasteiger partial charge on any atom is -0.497 e. The molecule has 0 unspecified atom stereocenters. The molecule has 0 radical (unpaired) electrons. The fourth-order valence-corrected chi connectivity index (χ4v) is 3.52. The standard InChI is InChI=1S/C23H33N5O3/c1-24-22(29)17-28-13-10-19(11-14-28)27-23(25-12-9-21-4-3-15-31-21)26-16-18-5-7-20(30-2)8-6-18/h3-8,15,19H,9-14,16-17H2,1-2H3,(H,24,29)(H2,25,26,27). The highest BCUT2D eigenvalue weighted by Crippen LogP contribution is 2.13. The van der Waals surface area contributed by atoms with Crippen LogP contribution in [-0.2, 0) is 17.8 Å². The Morgan fingerprint density at radius 3 is 2.65 bits per heavy atom. The largest absolute Gasteiger partial charge is 0.497 e. The van der Waals surface area contributed by atoms with E-state index in [4.69, 9.17) is 14.1 Å². The van der Waals surface area contributed by atoms with Crippen LogP contribution in [0.15, 0.2) is 52.1 Å². The third-order valence-corrected chi connectivity index (χ3v) is 5.40. The Kier molecular flexibility index (Phi) is 8.78. The van der Waals surface area contributed by atoms with E-state index in [0.29, 0.717) is 19.1 Å². The number of furan rings is 1. The molecule has 1 aliphatic rings. The van der Waals surface area contributed by atoms with Gasteiger partial charge in [0.1, 0.15) is 11.5 Å². The molecule has 8 nitrogen and oxygen atoms in total. The van der Waals surface area contributed by atoms with Crippen molar-refractivity contribution in [3.8, 4) is 5.75 Å². The predicted octanol–water partition coefficient (Wildman–Crippen LogP) is 1.78. The van der Waals surface area contributed by atoms with Gasteiger partial charge in [-0.15, -0.1) is 0 Å². The molecular formula is C23H33N5O3. The summed E-state index contributed by atoms with van der Waals surface area (Å²) in [6.07, 6.45) is 4.43. The number of amides is 1. The number of guanidine groups is 1. The van der Waals surface area contributed by atoms with Gasteiger partial charge >= 0.3 is 0 Å². The Labute approximate surface area is 184 Å². The summed E-state index contributed by atoms with van der Waals surface area (Å²) in [5.74, 6) is 2.65. The van der Waals surface area contributed by atoms with E-state index in [1.807, 2.05) is 36.4 Å². The topological polar surface area (TPSA) is 91.1 Å². The highest BCUT2D eigenvalue weighted by molar-refractivity contribution is 5.80. The number of benzene rings is 1. The zero-order chi connectivity index (χ0) is 21.9. The first kappa shape index (κ1) is 22.7. The number of hydrogen-bond acceptors (Lipinski definition) is 5. The van der Waals surface area contributed by atoms with Gasteiger partial charge in [-0.2, -0.15) is 0 Å². The monoisotopic (exact) mass is 427 g/mol. The Morgan fingerprint density at radius 2 is 2.00 bits per heavy atom. The van der Waals surface area contributed by atoms with Crippen LogP contribution in [0.4, 0.5) is 0 Å². The first-order valence-electron chi connectivity index (χ1n) is 10.8.